The second-order valence-corrected chi connectivity index (χ2v) is 6.66. The largest absolute Gasteiger partial charge is 0.312 e. The molecule has 0 radical (unpaired) electrons. The van der Waals surface area contributed by atoms with E-state index in [9.17, 15) is 0 Å². The summed E-state index contributed by atoms with van der Waals surface area (Å²) in [6.07, 6.45) is 4.28. The van der Waals surface area contributed by atoms with E-state index in [1.807, 2.05) is 12.3 Å². The Labute approximate surface area is 117 Å². The molecule has 0 aromatic carbocycles. The molecule has 1 atom stereocenters. The summed E-state index contributed by atoms with van der Waals surface area (Å²) in [5, 5.41) is 3.62. The molecule has 3 heteroatoms. The van der Waals surface area contributed by atoms with E-state index in [0.29, 0.717) is 0 Å². The van der Waals surface area contributed by atoms with Crippen LogP contribution in [0.3, 0.4) is 0 Å². The van der Waals surface area contributed by atoms with Gasteiger partial charge in [0.25, 0.3) is 0 Å². The molecule has 1 aromatic heterocycles. The van der Waals surface area contributed by atoms with E-state index in [1.54, 1.807) is 0 Å². The van der Waals surface area contributed by atoms with Gasteiger partial charge < -0.3 is 10.2 Å². The molecule has 2 rings (SSSR count). The van der Waals surface area contributed by atoms with Gasteiger partial charge in [0.15, 0.2) is 0 Å². The zero-order chi connectivity index (χ0) is 13.7. The molecule has 0 spiro atoms. The molecule has 1 unspecified atom stereocenters. The van der Waals surface area contributed by atoms with Gasteiger partial charge in [-0.2, -0.15) is 0 Å². The Hall–Kier alpha value is -0.930. The fraction of sp³-hybridized carbons (Fsp3) is 0.688. The molecule has 0 amide bonds. The number of nitrogens with zero attached hydrogens (tertiary/aromatic N) is 2. The van der Waals surface area contributed by atoms with Crippen LogP contribution in [0.25, 0.3) is 0 Å². The Morgan fingerprint density at radius 2 is 2.21 bits per heavy atom. The predicted octanol–water partition coefficient (Wildman–Crippen LogP) is 2.33. The minimum absolute atomic E-state index is 0.237. The van der Waals surface area contributed by atoms with Crippen LogP contribution in [-0.2, 0) is 6.42 Å². The highest BCUT2D eigenvalue weighted by Crippen LogP contribution is 2.16. The van der Waals surface area contributed by atoms with E-state index in [-0.39, 0.29) is 5.54 Å². The van der Waals surface area contributed by atoms with Gasteiger partial charge in [-0.05, 0) is 58.3 Å². The Morgan fingerprint density at radius 1 is 1.37 bits per heavy atom. The Morgan fingerprint density at radius 3 is 2.89 bits per heavy atom. The Balaban J connectivity index is 1.68. The van der Waals surface area contributed by atoms with Crippen molar-refractivity contribution in [3.63, 3.8) is 0 Å². The molecular formula is C16H27N3. The average molecular weight is 261 g/mol. The first-order chi connectivity index (χ1) is 9.03. The summed E-state index contributed by atoms with van der Waals surface area (Å²) in [5.41, 5.74) is 1.44. The van der Waals surface area contributed by atoms with Gasteiger partial charge in [-0.1, -0.05) is 6.07 Å². The summed E-state index contributed by atoms with van der Waals surface area (Å²) in [6, 6.07) is 6.17. The van der Waals surface area contributed by atoms with Gasteiger partial charge in [-0.3, -0.25) is 4.98 Å². The molecule has 1 aliphatic heterocycles. The smallest absolute Gasteiger partial charge is 0.0416 e. The third kappa shape index (κ3) is 5.29. The highest BCUT2D eigenvalue weighted by atomic mass is 15.1. The molecule has 1 saturated heterocycles. The molecule has 0 saturated carbocycles. The lowest BCUT2D eigenvalue weighted by Crippen LogP contribution is -2.39. The van der Waals surface area contributed by atoms with Crippen LogP contribution in [0.1, 0.15) is 32.9 Å². The van der Waals surface area contributed by atoms with Gasteiger partial charge in [-0.15, -0.1) is 0 Å². The molecule has 0 aliphatic carbocycles. The van der Waals surface area contributed by atoms with Crippen molar-refractivity contribution >= 4 is 0 Å². The van der Waals surface area contributed by atoms with Crippen LogP contribution in [0.2, 0.25) is 0 Å². The van der Waals surface area contributed by atoms with Crippen LogP contribution in [0.15, 0.2) is 24.4 Å². The van der Waals surface area contributed by atoms with Crippen LogP contribution in [0, 0.1) is 5.92 Å². The second kappa shape index (κ2) is 6.49. The molecule has 1 fully saturated rings. The quantitative estimate of drug-likeness (QED) is 0.882. The Bertz CT molecular complexity index is 369. The molecule has 2 heterocycles. The molecular weight excluding hydrogens is 234 g/mol. The summed E-state index contributed by atoms with van der Waals surface area (Å²) in [6.45, 7) is 11.5. The van der Waals surface area contributed by atoms with Gasteiger partial charge >= 0.3 is 0 Å². The molecule has 1 aliphatic rings. The molecule has 0 bridgehead atoms. The van der Waals surface area contributed by atoms with Gasteiger partial charge in [0.05, 0.1) is 0 Å². The van der Waals surface area contributed by atoms with E-state index in [1.165, 1.54) is 25.2 Å². The van der Waals surface area contributed by atoms with Crippen LogP contribution in [0.4, 0.5) is 0 Å². The average Bonchev–Trinajstić information content (AvgIpc) is 2.82. The summed E-state index contributed by atoms with van der Waals surface area (Å²) < 4.78 is 0. The predicted molar refractivity (Wildman–Crippen MR) is 80.2 cm³/mol. The number of aromatic nitrogens is 1. The molecule has 1 aromatic rings. The maximum Gasteiger partial charge on any atom is 0.0416 e. The van der Waals surface area contributed by atoms with Crippen molar-refractivity contribution in [2.45, 2.75) is 39.2 Å². The van der Waals surface area contributed by atoms with Crippen LogP contribution in [-0.4, -0.2) is 41.6 Å². The number of nitrogens with one attached hydrogen (secondary N) is 1. The third-order valence-electron chi connectivity index (χ3n) is 3.70. The summed E-state index contributed by atoms with van der Waals surface area (Å²) in [7, 11) is 0. The van der Waals surface area contributed by atoms with Gasteiger partial charge in [-0.25, -0.2) is 0 Å². The minimum Gasteiger partial charge on any atom is -0.312 e. The number of pyridine rings is 1. The van der Waals surface area contributed by atoms with Crippen molar-refractivity contribution in [1.82, 2.24) is 15.2 Å². The maximum absolute atomic E-state index is 4.39. The molecule has 3 nitrogen and oxygen atoms in total. The number of rotatable bonds is 5. The van der Waals surface area contributed by atoms with E-state index >= 15 is 0 Å². The van der Waals surface area contributed by atoms with Crippen LogP contribution in [0.5, 0.6) is 0 Å². The number of hydrogen-bond donors (Lipinski definition) is 1. The topological polar surface area (TPSA) is 28.2 Å². The summed E-state index contributed by atoms with van der Waals surface area (Å²) in [5.74, 6) is 0.808. The van der Waals surface area contributed by atoms with E-state index in [2.05, 4.69) is 48.1 Å². The SMILES string of the molecule is CC(C)(C)NCC1CCN(CCc2ccccn2)C1. The first-order valence-electron chi connectivity index (χ1n) is 7.40. The van der Waals surface area contributed by atoms with Crippen LogP contribution < -0.4 is 5.32 Å². The number of likely N-dealkylation sites (tertiary alicyclic amines) is 1. The lowest BCUT2D eigenvalue weighted by molar-refractivity contribution is 0.314. The van der Waals surface area contributed by atoms with Crippen molar-refractivity contribution in [2.75, 3.05) is 26.2 Å². The summed E-state index contributed by atoms with van der Waals surface area (Å²) >= 11 is 0. The summed E-state index contributed by atoms with van der Waals surface area (Å²) in [4.78, 5) is 6.96. The third-order valence-corrected chi connectivity index (χ3v) is 3.70. The fourth-order valence-electron chi connectivity index (χ4n) is 2.55. The van der Waals surface area contributed by atoms with Gasteiger partial charge in [0.1, 0.15) is 0 Å². The number of hydrogen-bond acceptors (Lipinski definition) is 3. The molecule has 19 heavy (non-hydrogen) atoms. The normalized spacial score (nSPS) is 20.9. The van der Waals surface area contributed by atoms with Crippen molar-refractivity contribution < 1.29 is 0 Å². The van der Waals surface area contributed by atoms with E-state index < -0.39 is 0 Å². The lowest BCUT2D eigenvalue weighted by atomic mass is 10.1. The highest BCUT2D eigenvalue weighted by Gasteiger charge is 2.23. The van der Waals surface area contributed by atoms with Gasteiger partial charge in [0.2, 0.25) is 0 Å². The van der Waals surface area contributed by atoms with Crippen molar-refractivity contribution in [2.24, 2.45) is 5.92 Å². The van der Waals surface area contributed by atoms with E-state index in [4.69, 9.17) is 0 Å². The molecule has 106 valence electrons. The van der Waals surface area contributed by atoms with Gasteiger partial charge in [0, 0.05) is 36.9 Å². The lowest BCUT2D eigenvalue weighted by Gasteiger charge is -2.23. The second-order valence-electron chi connectivity index (χ2n) is 6.66. The Kier molecular flexibility index (Phi) is 4.94. The zero-order valence-corrected chi connectivity index (χ0v) is 12.5. The van der Waals surface area contributed by atoms with Crippen LogP contribution >= 0.6 is 0 Å². The standard InChI is InChI=1S/C16H27N3/c1-16(2,3)18-12-14-7-10-19(13-14)11-8-15-6-4-5-9-17-15/h4-6,9,14,18H,7-8,10-13H2,1-3H3. The van der Waals surface area contributed by atoms with Crippen molar-refractivity contribution in [3.05, 3.63) is 30.1 Å². The minimum atomic E-state index is 0.237. The molecule has 1 N–H and O–H groups in total. The van der Waals surface area contributed by atoms with E-state index in [0.717, 1.165) is 25.4 Å². The maximum atomic E-state index is 4.39. The first-order valence-corrected chi connectivity index (χ1v) is 7.40. The fourth-order valence-corrected chi connectivity index (χ4v) is 2.55. The highest BCUT2D eigenvalue weighted by molar-refractivity contribution is 5.03. The van der Waals surface area contributed by atoms with Crippen molar-refractivity contribution in [3.8, 4) is 0 Å². The first kappa shape index (κ1) is 14.5. The zero-order valence-electron chi connectivity index (χ0n) is 12.5. The van der Waals surface area contributed by atoms with Crippen molar-refractivity contribution in [1.29, 1.82) is 0 Å². The monoisotopic (exact) mass is 261 g/mol.